The van der Waals surface area contributed by atoms with Crippen molar-refractivity contribution < 1.29 is 4.74 Å². The highest BCUT2D eigenvalue weighted by atomic mass is 16.5. The first-order chi connectivity index (χ1) is 8.24. The second-order valence-corrected chi connectivity index (χ2v) is 3.77. The van der Waals surface area contributed by atoms with Crippen molar-refractivity contribution in [1.29, 1.82) is 0 Å². The fraction of sp³-hybridized carbons (Fsp3) is 0.333. The Morgan fingerprint density at radius 1 is 1.24 bits per heavy atom. The Kier molecular flexibility index (Phi) is 3.27. The topological polar surface area (TPSA) is 52.0 Å². The van der Waals surface area contributed by atoms with Gasteiger partial charge in [-0.3, -0.25) is 0 Å². The summed E-state index contributed by atoms with van der Waals surface area (Å²) in [6.45, 7) is 0. The summed E-state index contributed by atoms with van der Waals surface area (Å²) in [6.07, 6.45) is 0.759. The minimum absolute atomic E-state index is 0.759. The summed E-state index contributed by atoms with van der Waals surface area (Å²) in [7, 11) is 5.45. The van der Waals surface area contributed by atoms with Crippen LogP contribution in [0.3, 0.4) is 0 Å². The van der Waals surface area contributed by atoms with Crippen LogP contribution in [0.1, 0.15) is 11.4 Å². The summed E-state index contributed by atoms with van der Waals surface area (Å²) in [6, 6.07) is 7.97. The van der Waals surface area contributed by atoms with E-state index in [1.165, 1.54) is 5.56 Å². The number of nitrogens with one attached hydrogen (secondary N) is 1. The third-order valence-corrected chi connectivity index (χ3v) is 2.71. The molecule has 2 aromatic rings. The Morgan fingerprint density at radius 2 is 1.94 bits per heavy atom. The molecule has 0 radical (unpaired) electrons. The number of nitrogens with zero attached hydrogens (tertiary/aromatic N) is 3. The van der Waals surface area contributed by atoms with E-state index in [0.29, 0.717) is 0 Å². The highest BCUT2D eigenvalue weighted by molar-refractivity contribution is 5.30. The van der Waals surface area contributed by atoms with Crippen LogP contribution in [0.4, 0.5) is 5.95 Å². The van der Waals surface area contributed by atoms with E-state index in [1.807, 2.05) is 42.9 Å². The second kappa shape index (κ2) is 4.86. The minimum Gasteiger partial charge on any atom is -0.497 e. The molecule has 5 heteroatoms. The van der Waals surface area contributed by atoms with Gasteiger partial charge in [0.1, 0.15) is 11.6 Å². The van der Waals surface area contributed by atoms with E-state index in [0.717, 1.165) is 23.9 Å². The Labute approximate surface area is 100 Å². The van der Waals surface area contributed by atoms with Crippen LogP contribution in [0.2, 0.25) is 0 Å². The molecule has 0 aliphatic rings. The normalized spacial score (nSPS) is 10.3. The Hall–Kier alpha value is -2.04. The molecule has 1 aromatic carbocycles. The molecule has 1 aromatic heterocycles. The molecular weight excluding hydrogens is 216 g/mol. The van der Waals surface area contributed by atoms with E-state index in [-0.39, 0.29) is 0 Å². The quantitative estimate of drug-likeness (QED) is 0.867. The Morgan fingerprint density at radius 3 is 2.47 bits per heavy atom. The zero-order valence-electron chi connectivity index (χ0n) is 10.3. The van der Waals surface area contributed by atoms with Crippen LogP contribution in [0.15, 0.2) is 24.3 Å². The molecule has 0 fully saturated rings. The summed E-state index contributed by atoms with van der Waals surface area (Å²) in [5.74, 6) is 2.57. The van der Waals surface area contributed by atoms with Crippen LogP contribution < -0.4 is 10.1 Å². The van der Waals surface area contributed by atoms with Crippen molar-refractivity contribution in [2.45, 2.75) is 6.42 Å². The van der Waals surface area contributed by atoms with E-state index in [9.17, 15) is 0 Å². The van der Waals surface area contributed by atoms with Crippen LogP contribution in [-0.4, -0.2) is 28.9 Å². The Bertz CT molecular complexity index is 490. The molecule has 0 saturated carbocycles. The van der Waals surface area contributed by atoms with E-state index >= 15 is 0 Å². The first-order valence-electron chi connectivity index (χ1n) is 5.43. The van der Waals surface area contributed by atoms with Crippen molar-refractivity contribution in [3.05, 3.63) is 35.7 Å². The van der Waals surface area contributed by atoms with Gasteiger partial charge in [0.05, 0.1) is 7.11 Å². The van der Waals surface area contributed by atoms with Crippen LogP contribution in [0, 0.1) is 0 Å². The van der Waals surface area contributed by atoms with Crippen LogP contribution in [0.25, 0.3) is 0 Å². The van der Waals surface area contributed by atoms with Crippen LogP contribution in [-0.2, 0) is 13.5 Å². The zero-order chi connectivity index (χ0) is 12.3. The molecule has 0 spiro atoms. The summed E-state index contributed by atoms with van der Waals surface area (Å²) >= 11 is 0. The fourth-order valence-corrected chi connectivity index (χ4v) is 1.66. The maximum Gasteiger partial charge on any atom is 0.224 e. The van der Waals surface area contributed by atoms with Crippen molar-refractivity contribution in [2.24, 2.45) is 7.05 Å². The number of rotatable bonds is 4. The van der Waals surface area contributed by atoms with Gasteiger partial charge >= 0.3 is 0 Å². The average Bonchev–Trinajstić information content (AvgIpc) is 2.71. The van der Waals surface area contributed by atoms with E-state index < -0.39 is 0 Å². The molecule has 0 aliphatic carbocycles. The molecule has 0 amide bonds. The number of benzene rings is 1. The van der Waals surface area contributed by atoms with Crippen molar-refractivity contribution >= 4 is 5.95 Å². The van der Waals surface area contributed by atoms with Gasteiger partial charge in [0.2, 0.25) is 5.95 Å². The SMILES string of the molecule is CNc1nnc(Cc2ccc(OC)cc2)n1C. The average molecular weight is 232 g/mol. The fourth-order valence-electron chi connectivity index (χ4n) is 1.66. The molecule has 1 heterocycles. The lowest BCUT2D eigenvalue weighted by molar-refractivity contribution is 0.414. The van der Waals surface area contributed by atoms with Gasteiger partial charge < -0.3 is 14.6 Å². The molecule has 0 bridgehead atoms. The maximum atomic E-state index is 5.12. The summed E-state index contributed by atoms with van der Waals surface area (Å²) in [4.78, 5) is 0. The predicted octanol–water partition coefficient (Wildman–Crippen LogP) is 1.46. The zero-order valence-corrected chi connectivity index (χ0v) is 10.3. The van der Waals surface area contributed by atoms with Crippen LogP contribution in [0.5, 0.6) is 5.75 Å². The number of hydrogen-bond donors (Lipinski definition) is 1. The van der Waals surface area contributed by atoms with Crippen LogP contribution >= 0.6 is 0 Å². The number of anilines is 1. The predicted molar refractivity (Wildman–Crippen MR) is 66.3 cm³/mol. The number of ether oxygens (including phenoxy) is 1. The van der Waals surface area contributed by atoms with Gasteiger partial charge in [-0.1, -0.05) is 12.1 Å². The molecule has 0 aliphatic heterocycles. The third-order valence-electron chi connectivity index (χ3n) is 2.71. The maximum absolute atomic E-state index is 5.12. The van der Waals surface area contributed by atoms with Crippen molar-refractivity contribution in [1.82, 2.24) is 14.8 Å². The van der Waals surface area contributed by atoms with Gasteiger partial charge in [0.25, 0.3) is 0 Å². The number of methoxy groups -OCH3 is 1. The van der Waals surface area contributed by atoms with Gasteiger partial charge in [-0.15, -0.1) is 10.2 Å². The molecular formula is C12H16N4O. The van der Waals surface area contributed by atoms with Gasteiger partial charge in [-0.05, 0) is 17.7 Å². The highest BCUT2D eigenvalue weighted by Crippen LogP contribution is 2.14. The third kappa shape index (κ3) is 2.38. The number of aromatic nitrogens is 3. The summed E-state index contributed by atoms with van der Waals surface area (Å²) in [5.41, 5.74) is 1.18. The van der Waals surface area contributed by atoms with Crippen molar-refractivity contribution in [3.63, 3.8) is 0 Å². The molecule has 0 saturated heterocycles. The van der Waals surface area contributed by atoms with E-state index in [2.05, 4.69) is 15.5 Å². The molecule has 5 nitrogen and oxygen atoms in total. The second-order valence-electron chi connectivity index (χ2n) is 3.77. The molecule has 1 N–H and O–H groups in total. The van der Waals surface area contributed by atoms with Gasteiger partial charge in [0.15, 0.2) is 0 Å². The summed E-state index contributed by atoms with van der Waals surface area (Å²) in [5, 5.41) is 11.2. The van der Waals surface area contributed by atoms with Gasteiger partial charge in [0, 0.05) is 20.5 Å². The lowest BCUT2D eigenvalue weighted by atomic mass is 10.1. The minimum atomic E-state index is 0.759. The Balaban J connectivity index is 2.16. The largest absolute Gasteiger partial charge is 0.497 e. The first kappa shape index (κ1) is 11.4. The summed E-state index contributed by atoms with van der Waals surface area (Å²) < 4.78 is 7.07. The molecule has 90 valence electrons. The number of hydrogen-bond acceptors (Lipinski definition) is 4. The molecule has 17 heavy (non-hydrogen) atoms. The molecule has 0 atom stereocenters. The molecule has 0 unspecified atom stereocenters. The van der Waals surface area contributed by atoms with E-state index in [4.69, 9.17) is 4.74 Å². The first-order valence-corrected chi connectivity index (χ1v) is 5.43. The smallest absolute Gasteiger partial charge is 0.224 e. The highest BCUT2D eigenvalue weighted by Gasteiger charge is 2.07. The standard InChI is InChI=1S/C12H16N4O/c1-13-12-15-14-11(16(12)2)8-9-4-6-10(17-3)7-5-9/h4-7H,8H2,1-3H3,(H,13,15). The van der Waals surface area contributed by atoms with Gasteiger partial charge in [-0.2, -0.15) is 0 Å². The van der Waals surface area contributed by atoms with Crippen molar-refractivity contribution in [2.75, 3.05) is 19.5 Å². The monoisotopic (exact) mass is 232 g/mol. The molecule has 2 rings (SSSR count). The lowest BCUT2D eigenvalue weighted by Crippen LogP contribution is -2.03. The lowest BCUT2D eigenvalue weighted by Gasteiger charge is -2.04. The van der Waals surface area contributed by atoms with Gasteiger partial charge in [-0.25, -0.2) is 0 Å². The van der Waals surface area contributed by atoms with Crippen molar-refractivity contribution in [3.8, 4) is 5.75 Å². The van der Waals surface area contributed by atoms with E-state index in [1.54, 1.807) is 7.11 Å².